The van der Waals surface area contributed by atoms with Crippen LogP contribution in [-0.4, -0.2) is 20.1 Å². The van der Waals surface area contributed by atoms with Gasteiger partial charge in [0, 0.05) is 5.56 Å². The van der Waals surface area contributed by atoms with Gasteiger partial charge in [-0.1, -0.05) is 35.8 Å². The Morgan fingerprint density at radius 1 is 1.11 bits per heavy atom. The fourth-order valence-electron chi connectivity index (χ4n) is 1.94. The van der Waals surface area contributed by atoms with Gasteiger partial charge in [0.1, 0.15) is 0 Å². The number of carbonyl (C=O) groups excluding carboxylic acids is 1. The summed E-state index contributed by atoms with van der Waals surface area (Å²) in [6.07, 6.45) is 0. The summed E-state index contributed by atoms with van der Waals surface area (Å²) >= 11 is 0. The van der Waals surface area contributed by atoms with Gasteiger partial charge in [0.15, 0.2) is 0 Å². The second-order valence-corrected chi connectivity index (χ2v) is 3.81. The Kier molecular flexibility index (Phi) is 5.64. The summed E-state index contributed by atoms with van der Waals surface area (Å²) in [4.78, 5) is 11.4. The molecular formula is C12H9BF3KO2. The Bertz CT molecular complexity index is 613. The van der Waals surface area contributed by atoms with Crippen LogP contribution in [0.1, 0.15) is 10.4 Å². The Labute approximate surface area is 150 Å². The molecule has 94 valence electrons. The van der Waals surface area contributed by atoms with E-state index < -0.39 is 24.0 Å². The molecule has 0 fully saturated rings. The fourth-order valence-corrected chi connectivity index (χ4v) is 1.94. The number of halogens is 3. The Hall–Kier alpha value is -0.339. The topological polar surface area (TPSA) is 26.3 Å². The van der Waals surface area contributed by atoms with Crippen LogP contribution in [-0.2, 0) is 4.74 Å². The van der Waals surface area contributed by atoms with Crippen molar-refractivity contribution < 1.29 is 73.9 Å². The van der Waals surface area contributed by atoms with E-state index in [-0.39, 0.29) is 56.8 Å². The zero-order valence-electron chi connectivity index (χ0n) is 10.5. The minimum atomic E-state index is -5.29. The third kappa shape index (κ3) is 3.41. The molecule has 0 aliphatic carbocycles. The first kappa shape index (κ1) is 16.7. The maximum absolute atomic E-state index is 13.1. The van der Waals surface area contributed by atoms with Crippen LogP contribution in [0, 0.1) is 0 Å². The number of benzene rings is 2. The average molecular weight is 292 g/mol. The smallest absolute Gasteiger partial charge is 0.465 e. The van der Waals surface area contributed by atoms with E-state index in [1.807, 2.05) is 0 Å². The molecule has 0 N–H and O–H groups in total. The maximum atomic E-state index is 13.1. The molecule has 19 heavy (non-hydrogen) atoms. The van der Waals surface area contributed by atoms with Gasteiger partial charge in [-0.2, -0.15) is 0 Å². The fraction of sp³-hybridized carbons (Fsp3) is 0.0833. The monoisotopic (exact) mass is 292 g/mol. The van der Waals surface area contributed by atoms with Crippen LogP contribution in [0.5, 0.6) is 0 Å². The minimum absolute atomic E-state index is 0. The molecule has 0 unspecified atom stereocenters. The van der Waals surface area contributed by atoms with Crippen LogP contribution in [0.4, 0.5) is 12.9 Å². The van der Waals surface area contributed by atoms with Crippen molar-refractivity contribution in [3.63, 3.8) is 0 Å². The van der Waals surface area contributed by atoms with Crippen molar-refractivity contribution in [3.8, 4) is 0 Å². The number of hydrogen-bond acceptors (Lipinski definition) is 2. The van der Waals surface area contributed by atoms with E-state index in [1.54, 1.807) is 12.1 Å². The van der Waals surface area contributed by atoms with Crippen LogP contribution in [0.15, 0.2) is 36.4 Å². The van der Waals surface area contributed by atoms with Crippen LogP contribution in [0.3, 0.4) is 0 Å². The molecule has 0 bridgehead atoms. The van der Waals surface area contributed by atoms with Crippen LogP contribution >= 0.6 is 0 Å². The van der Waals surface area contributed by atoms with Crippen molar-refractivity contribution >= 4 is 29.2 Å². The molecule has 0 atom stereocenters. The molecule has 2 aromatic rings. The normalized spacial score (nSPS) is 10.9. The standard InChI is InChI=1S/C12H9BF3O2.K/c1-18-12(17)10-7-6-8-4-2-3-5-9(8)11(10)13(14,15)16;/h2-7H,1H3;/q-1;+1. The molecule has 0 aromatic heterocycles. The number of carbonyl (C=O) groups is 1. The summed E-state index contributed by atoms with van der Waals surface area (Å²) < 4.78 is 43.8. The van der Waals surface area contributed by atoms with Gasteiger partial charge in [0.25, 0.3) is 0 Å². The van der Waals surface area contributed by atoms with E-state index in [0.717, 1.165) is 13.2 Å². The van der Waals surface area contributed by atoms with Gasteiger partial charge in [-0.25, -0.2) is 4.79 Å². The number of hydrogen-bond donors (Lipinski definition) is 0. The summed E-state index contributed by atoms with van der Waals surface area (Å²) in [5.41, 5.74) is -1.33. The van der Waals surface area contributed by atoms with Gasteiger partial charge >= 0.3 is 64.3 Å². The van der Waals surface area contributed by atoms with E-state index >= 15 is 0 Å². The maximum Gasteiger partial charge on any atom is 1.00 e. The van der Waals surface area contributed by atoms with E-state index in [9.17, 15) is 17.7 Å². The van der Waals surface area contributed by atoms with Crippen LogP contribution in [0.25, 0.3) is 10.8 Å². The molecule has 0 saturated carbocycles. The first-order chi connectivity index (χ1) is 8.45. The van der Waals surface area contributed by atoms with E-state index in [0.29, 0.717) is 5.39 Å². The van der Waals surface area contributed by atoms with Gasteiger partial charge in [-0.3, -0.25) is 0 Å². The van der Waals surface area contributed by atoms with Crippen LogP contribution < -0.4 is 56.8 Å². The Balaban J connectivity index is 0.00000180. The van der Waals surface area contributed by atoms with Gasteiger partial charge in [0.2, 0.25) is 0 Å². The van der Waals surface area contributed by atoms with Gasteiger partial charge < -0.3 is 17.7 Å². The molecular weight excluding hydrogens is 283 g/mol. The second-order valence-electron chi connectivity index (χ2n) is 3.81. The summed E-state index contributed by atoms with van der Waals surface area (Å²) in [5, 5.41) is 0.465. The molecule has 0 aliphatic rings. The molecule has 2 nitrogen and oxygen atoms in total. The molecule has 7 heteroatoms. The first-order valence-electron chi connectivity index (χ1n) is 5.25. The van der Waals surface area contributed by atoms with E-state index in [1.165, 1.54) is 18.2 Å². The molecule has 0 heterocycles. The zero-order chi connectivity index (χ0) is 13.3. The largest absolute Gasteiger partial charge is 1.00 e. The number of rotatable bonds is 2. The molecule has 0 saturated heterocycles. The summed E-state index contributed by atoms with van der Waals surface area (Å²) in [7, 11) is 1.06. The van der Waals surface area contributed by atoms with Gasteiger partial charge in [-0.05, 0) is 16.8 Å². The summed E-state index contributed by atoms with van der Waals surface area (Å²) in [5.74, 6) is -0.977. The predicted molar refractivity (Wildman–Crippen MR) is 64.0 cm³/mol. The van der Waals surface area contributed by atoms with Gasteiger partial charge in [0.05, 0.1) is 7.11 Å². The average Bonchev–Trinajstić information content (AvgIpc) is 2.35. The van der Waals surface area contributed by atoms with Crippen LogP contribution in [0.2, 0.25) is 0 Å². The van der Waals surface area contributed by atoms with Crippen molar-refractivity contribution in [2.75, 3.05) is 7.11 Å². The quantitative estimate of drug-likeness (QED) is 0.560. The van der Waals surface area contributed by atoms with Crippen molar-refractivity contribution in [2.24, 2.45) is 0 Å². The summed E-state index contributed by atoms with van der Waals surface area (Å²) in [6, 6.07) is 8.71. The number of ether oxygens (including phenoxy) is 1. The van der Waals surface area contributed by atoms with E-state index in [4.69, 9.17) is 0 Å². The van der Waals surface area contributed by atoms with Gasteiger partial charge in [-0.15, -0.1) is 0 Å². The third-order valence-corrected chi connectivity index (χ3v) is 2.70. The Morgan fingerprint density at radius 2 is 1.74 bits per heavy atom. The molecule has 2 aromatic carbocycles. The zero-order valence-corrected chi connectivity index (χ0v) is 13.6. The minimum Gasteiger partial charge on any atom is -0.465 e. The first-order valence-corrected chi connectivity index (χ1v) is 5.25. The molecule has 2 rings (SSSR count). The van der Waals surface area contributed by atoms with E-state index in [2.05, 4.69) is 4.74 Å². The predicted octanol–water partition coefficient (Wildman–Crippen LogP) is -0.315. The molecule has 0 aliphatic heterocycles. The van der Waals surface area contributed by atoms with Crippen molar-refractivity contribution in [1.82, 2.24) is 0 Å². The third-order valence-electron chi connectivity index (χ3n) is 2.70. The molecule has 0 amide bonds. The number of fused-ring (bicyclic) bond motifs is 1. The van der Waals surface area contributed by atoms with Crippen molar-refractivity contribution in [2.45, 2.75) is 0 Å². The second kappa shape index (κ2) is 6.41. The van der Waals surface area contributed by atoms with Crippen molar-refractivity contribution in [1.29, 1.82) is 0 Å². The summed E-state index contributed by atoms with van der Waals surface area (Å²) in [6.45, 7) is -5.29. The number of esters is 1. The number of methoxy groups -OCH3 is 1. The SMILES string of the molecule is COC(=O)c1ccc2ccccc2c1[B-](F)(F)F.[K+]. The Morgan fingerprint density at radius 3 is 2.32 bits per heavy atom. The molecule has 0 spiro atoms. The molecule has 0 radical (unpaired) electrons. The van der Waals surface area contributed by atoms with Crippen molar-refractivity contribution in [3.05, 3.63) is 42.0 Å².